The number of methoxy groups -OCH3 is 2. The van der Waals surface area contributed by atoms with Gasteiger partial charge in [-0.15, -0.1) is 0 Å². The Hall–Kier alpha value is -4.00. The van der Waals surface area contributed by atoms with Crippen LogP contribution < -0.4 is 20.5 Å². The van der Waals surface area contributed by atoms with Crippen LogP contribution in [0.25, 0.3) is 21.9 Å². The number of phenols is 1. The molecule has 0 aliphatic carbocycles. The van der Waals surface area contributed by atoms with E-state index in [2.05, 4.69) is 4.98 Å². The quantitative estimate of drug-likeness (QED) is 0.405. The van der Waals surface area contributed by atoms with Gasteiger partial charge in [-0.2, -0.15) is 0 Å². The van der Waals surface area contributed by atoms with Crippen LogP contribution in [0.5, 0.6) is 17.2 Å². The number of pyridine rings is 1. The van der Waals surface area contributed by atoms with Gasteiger partial charge in [-0.3, -0.25) is 9.59 Å². The van der Waals surface area contributed by atoms with Crippen molar-refractivity contribution in [1.29, 1.82) is 0 Å². The van der Waals surface area contributed by atoms with Crippen LogP contribution in [-0.4, -0.2) is 24.3 Å². The van der Waals surface area contributed by atoms with Gasteiger partial charge >= 0.3 is 0 Å². The standard InChI is InChI=1S/C16H18O4.C11H11NO2/c1-9(2)5-6-11-14(19-4)8-13(18)15-12(17)7-10(3)20-16(11)15;1-7-6-10(13)12-11-8(7)4-3-5-9(11)14-2/h5,7-8,18H,6H2,1-4H3;3-6H,1-2H3,(H,12,13). The fourth-order valence-corrected chi connectivity index (χ4v) is 3.73. The first-order valence-corrected chi connectivity index (χ1v) is 10.8. The van der Waals surface area contributed by atoms with E-state index in [0.717, 1.165) is 27.6 Å². The van der Waals surface area contributed by atoms with Crippen molar-refractivity contribution in [3.05, 3.63) is 85.5 Å². The molecule has 2 aromatic carbocycles. The molecule has 4 rings (SSSR count). The largest absolute Gasteiger partial charge is 0.507 e. The minimum absolute atomic E-state index is 0.0977. The van der Waals surface area contributed by atoms with Crippen molar-refractivity contribution in [2.75, 3.05) is 14.2 Å². The van der Waals surface area contributed by atoms with E-state index in [0.29, 0.717) is 29.3 Å². The van der Waals surface area contributed by atoms with Crippen LogP contribution in [0.3, 0.4) is 0 Å². The molecule has 4 aromatic rings. The normalized spacial score (nSPS) is 10.5. The van der Waals surface area contributed by atoms with Crippen LogP contribution in [-0.2, 0) is 6.42 Å². The molecule has 7 nitrogen and oxygen atoms in total. The Morgan fingerprint density at radius 3 is 2.41 bits per heavy atom. The SMILES string of the molecule is COc1cc(O)c2c(=O)cc(C)oc2c1CC=C(C)C.COc1cccc2c(C)cc(=O)[nH]c12. The highest BCUT2D eigenvalue weighted by Gasteiger charge is 2.17. The number of fused-ring (bicyclic) bond motifs is 2. The van der Waals surface area contributed by atoms with Gasteiger partial charge in [0.05, 0.1) is 19.7 Å². The number of aryl methyl sites for hydroxylation is 2. The number of ether oxygens (including phenoxy) is 2. The average Bonchev–Trinajstić information content (AvgIpc) is 2.77. The molecule has 2 N–H and O–H groups in total. The average molecular weight is 464 g/mol. The molecular formula is C27H29NO6. The van der Waals surface area contributed by atoms with Gasteiger partial charge in [0.1, 0.15) is 34.0 Å². The lowest BCUT2D eigenvalue weighted by atomic mass is 10.0. The first kappa shape index (κ1) is 24.6. The van der Waals surface area contributed by atoms with E-state index in [1.54, 1.807) is 20.1 Å². The molecular weight excluding hydrogens is 434 g/mol. The van der Waals surface area contributed by atoms with Crippen LogP contribution in [0.2, 0.25) is 0 Å². The summed E-state index contributed by atoms with van der Waals surface area (Å²) in [5, 5.41) is 11.2. The minimum Gasteiger partial charge on any atom is -0.507 e. The van der Waals surface area contributed by atoms with E-state index in [4.69, 9.17) is 13.9 Å². The molecule has 2 heterocycles. The number of para-hydroxylation sites is 1. The molecule has 0 atom stereocenters. The molecule has 7 heteroatoms. The van der Waals surface area contributed by atoms with Crippen molar-refractivity contribution in [1.82, 2.24) is 4.98 Å². The van der Waals surface area contributed by atoms with E-state index in [1.165, 1.54) is 19.2 Å². The smallest absolute Gasteiger partial charge is 0.248 e. The maximum Gasteiger partial charge on any atom is 0.248 e. The highest BCUT2D eigenvalue weighted by atomic mass is 16.5. The van der Waals surface area contributed by atoms with E-state index < -0.39 is 0 Å². The number of aromatic amines is 1. The number of aromatic nitrogens is 1. The summed E-state index contributed by atoms with van der Waals surface area (Å²) in [5.74, 6) is 1.60. The summed E-state index contributed by atoms with van der Waals surface area (Å²) in [7, 11) is 3.12. The van der Waals surface area contributed by atoms with Gasteiger partial charge < -0.3 is 24.0 Å². The van der Waals surface area contributed by atoms with Crippen molar-refractivity contribution in [2.45, 2.75) is 34.1 Å². The molecule has 0 aliphatic rings. The Labute approximate surface area is 197 Å². The first-order chi connectivity index (χ1) is 16.2. The topological polar surface area (TPSA) is 102 Å². The van der Waals surface area contributed by atoms with Gasteiger partial charge in [-0.05, 0) is 45.7 Å². The number of hydrogen-bond acceptors (Lipinski definition) is 6. The number of rotatable bonds is 4. The highest BCUT2D eigenvalue weighted by molar-refractivity contribution is 5.88. The summed E-state index contributed by atoms with van der Waals surface area (Å²) in [5.41, 5.74) is 3.69. The second kappa shape index (κ2) is 10.3. The molecule has 0 unspecified atom stereocenters. The van der Waals surface area contributed by atoms with Gasteiger partial charge in [0.2, 0.25) is 5.56 Å². The van der Waals surface area contributed by atoms with Gasteiger partial charge in [-0.25, -0.2) is 0 Å². The zero-order chi connectivity index (χ0) is 25.0. The molecule has 0 bridgehead atoms. The molecule has 2 aromatic heterocycles. The lowest BCUT2D eigenvalue weighted by Gasteiger charge is -2.11. The van der Waals surface area contributed by atoms with Crippen LogP contribution in [0.15, 0.2) is 62.1 Å². The third-order valence-electron chi connectivity index (χ3n) is 5.37. The number of hydrogen-bond donors (Lipinski definition) is 2. The van der Waals surface area contributed by atoms with E-state index in [1.807, 2.05) is 45.0 Å². The van der Waals surface area contributed by atoms with Gasteiger partial charge in [-0.1, -0.05) is 23.8 Å². The fraction of sp³-hybridized carbons (Fsp3) is 0.259. The van der Waals surface area contributed by atoms with Crippen LogP contribution in [0, 0.1) is 13.8 Å². The number of benzene rings is 2. The Morgan fingerprint density at radius 2 is 1.76 bits per heavy atom. The van der Waals surface area contributed by atoms with Gasteiger partial charge in [0, 0.05) is 29.1 Å². The maximum absolute atomic E-state index is 12.0. The Morgan fingerprint density at radius 1 is 1.06 bits per heavy atom. The lowest BCUT2D eigenvalue weighted by Crippen LogP contribution is -2.05. The molecule has 0 saturated carbocycles. The first-order valence-electron chi connectivity index (χ1n) is 10.8. The molecule has 0 amide bonds. The molecule has 34 heavy (non-hydrogen) atoms. The molecule has 0 radical (unpaired) electrons. The second-order valence-corrected chi connectivity index (χ2v) is 8.19. The zero-order valence-electron chi connectivity index (χ0n) is 20.2. The Bertz CT molecular complexity index is 1490. The van der Waals surface area contributed by atoms with Crippen molar-refractivity contribution in [3.63, 3.8) is 0 Å². The van der Waals surface area contributed by atoms with Crippen LogP contribution in [0.1, 0.15) is 30.7 Å². The van der Waals surface area contributed by atoms with Gasteiger partial charge in [0.25, 0.3) is 0 Å². The molecule has 0 fully saturated rings. The third kappa shape index (κ3) is 5.14. The number of H-pyrrole nitrogens is 1. The summed E-state index contributed by atoms with van der Waals surface area (Å²) in [4.78, 5) is 26.1. The molecule has 0 saturated heterocycles. The summed E-state index contributed by atoms with van der Waals surface area (Å²) < 4.78 is 16.1. The molecule has 0 spiro atoms. The zero-order valence-corrected chi connectivity index (χ0v) is 20.2. The van der Waals surface area contributed by atoms with Crippen LogP contribution >= 0.6 is 0 Å². The molecule has 0 aliphatic heterocycles. The van der Waals surface area contributed by atoms with Crippen molar-refractivity contribution in [3.8, 4) is 17.2 Å². The highest BCUT2D eigenvalue weighted by Crippen LogP contribution is 2.34. The number of allylic oxidation sites excluding steroid dienone is 2. The second-order valence-electron chi connectivity index (χ2n) is 8.19. The monoisotopic (exact) mass is 463 g/mol. The predicted molar refractivity (Wildman–Crippen MR) is 134 cm³/mol. The summed E-state index contributed by atoms with van der Waals surface area (Å²) >= 11 is 0. The van der Waals surface area contributed by atoms with Crippen molar-refractivity contribution in [2.24, 2.45) is 0 Å². The summed E-state index contributed by atoms with van der Waals surface area (Å²) in [6.45, 7) is 7.62. The third-order valence-corrected chi connectivity index (χ3v) is 5.37. The Balaban J connectivity index is 0.000000202. The molecule has 178 valence electrons. The van der Waals surface area contributed by atoms with E-state index >= 15 is 0 Å². The Kier molecular flexibility index (Phi) is 7.46. The number of nitrogens with one attached hydrogen (secondary N) is 1. The minimum atomic E-state index is -0.248. The fourth-order valence-electron chi connectivity index (χ4n) is 3.73. The maximum atomic E-state index is 12.0. The predicted octanol–water partition coefficient (Wildman–Crippen LogP) is 5.17. The summed E-state index contributed by atoms with van der Waals surface area (Å²) in [6.07, 6.45) is 2.60. The van der Waals surface area contributed by atoms with E-state index in [-0.39, 0.29) is 22.1 Å². The van der Waals surface area contributed by atoms with Crippen molar-refractivity contribution < 1.29 is 19.0 Å². The number of phenolic OH excluding ortho intramolecular Hbond substituents is 1. The van der Waals surface area contributed by atoms with Gasteiger partial charge in [0.15, 0.2) is 5.43 Å². The van der Waals surface area contributed by atoms with E-state index in [9.17, 15) is 14.7 Å². The lowest BCUT2D eigenvalue weighted by molar-refractivity contribution is 0.403. The summed E-state index contributed by atoms with van der Waals surface area (Å²) in [6, 6.07) is 10.1. The van der Waals surface area contributed by atoms with Crippen LogP contribution in [0.4, 0.5) is 0 Å². The van der Waals surface area contributed by atoms with Crippen molar-refractivity contribution >= 4 is 21.9 Å². The number of aromatic hydroxyl groups is 1.